The van der Waals surface area contributed by atoms with Gasteiger partial charge in [-0.3, -0.25) is 0 Å². The number of hydrogen-bond donors (Lipinski definition) is 2. The van der Waals surface area contributed by atoms with E-state index in [0.717, 1.165) is 6.26 Å². The molecule has 1 atom stereocenters. The molecule has 0 aliphatic carbocycles. The highest BCUT2D eigenvalue weighted by Gasteiger charge is 2.27. The molecule has 1 aromatic carbocycles. The summed E-state index contributed by atoms with van der Waals surface area (Å²) in [6, 6.07) is 5.65. The van der Waals surface area contributed by atoms with Crippen molar-refractivity contribution in [2.45, 2.75) is 23.8 Å². The molecule has 0 saturated carbocycles. The third-order valence-corrected chi connectivity index (χ3v) is 3.83. The zero-order valence-electron chi connectivity index (χ0n) is 10.7. The second-order valence-corrected chi connectivity index (χ2v) is 6.47. The van der Waals surface area contributed by atoms with Crippen molar-refractivity contribution in [2.24, 2.45) is 0 Å². The van der Waals surface area contributed by atoms with E-state index in [4.69, 9.17) is 5.11 Å². The monoisotopic (exact) mass is 293 g/mol. The molecular formula is C12H17F2NO3S. The number of halogens is 2. The van der Waals surface area contributed by atoms with E-state index in [0.29, 0.717) is 5.56 Å². The summed E-state index contributed by atoms with van der Waals surface area (Å²) in [4.78, 5) is 0.184. The summed E-state index contributed by atoms with van der Waals surface area (Å²) in [6.07, 6.45) is 1.10. The summed E-state index contributed by atoms with van der Waals surface area (Å²) in [6.45, 7) is -0.166. The van der Waals surface area contributed by atoms with Crippen LogP contribution in [0.2, 0.25) is 0 Å². The summed E-state index contributed by atoms with van der Waals surface area (Å²) in [7, 11) is -3.26. The van der Waals surface area contributed by atoms with Crippen molar-refractivity contribution >= 4 is 9.84 Å². The predicted octanol–water partition coefficient (Wildman–Crippen LogP) is 1.37. The van der Waals surface area contributed by atoms with E-state index in [9.17, 15) is 17.2 Å². The fourth-order valence-corrected chi connectivity index (χ4v) is 2.11. The van der Waals surface area contributed by atoms with Gasteiger partial charge in [0.1, 0.15) is 6.61 Å². The van der Waals surface area contributed by atoms with Gasteiger partial charge in [-0.2, -0.15) is 0 Å². The Morgan fingerprint density at radius 3 is 2.26 bits per heavy atom. The Morgan fingerprint density at radius 1 is 1.32 bits per heavy atom. The first kappa shape index (κ1) is 16.0. The lowest BCUT2D eigenvalue weighted by molar-refractivity contribution is -0.0490. The van der Waals surface area contributed by atoms with Crippen molar-refractivity contribution in [3.05, 3.63) is 29.8 Å². The molecule has 108 valence electrons. The number of aliphatic hydroxyl groups is 1. The second kappa shape index (κ2) is 5.94. The Kier molecular flexibility index (Phi) is 5.00. The van der Waals surface area contributed by atoms with E-state index in [1.54, 1.807) is 19.1 Å². The molecule has 0 amide bonds. The minimum atomic E-state index is -3.26. The van der Waals surface area contributed by atoms with Crippen molar-refractivity contribution in [1.82, 2.24) is 5.32 Å². The van der Waals surface area contributed by atoms with Crippen LogP contribution < -0.4 is 5.32 Å². The first-order valence-corrected chi connectivity index (χ1v) is 7.57. The highest BCUT2D eigenvalue weighted by atomic mass is 32.2. The van der Waals surface area contributed by atoms with Gasteiger partial charge in [-0.25, -0.2) is 17.2 Å². The number of aliphatic hydroxyl groups excluding tert-OH is 1. The zero-order chi connectivity index (χ0) is 14.7. The molecule has 1 unspecified atom stereocenters. The molecule has 0 aromatic heterocycles. The quantitative estimate of drug-likeness (QED) is 0.831. The van der Waals surface area contributed by atoms with Crippen LogP contribution in [0.25, 0.3) is 0 Å². The minimum absolute atomic E-state index is 0.184. The molecule has 0 spiro atoms. The molecule has 0 aliphatic heterocycles. The Labute approximate surface area is 111 Å². The maximum absolute atomic E-state index is 12.9. The Morgan fingerprint density at radius 2 is 1.84 bits per heavy atom. The molecular weight excluding hydrogens is 276 g/mol. The molecule has 1 rings (SSSR count). The van der Waals surface area contributed by atoms with E-state index in [-0.39, 0.29) is 10.9 Å². The van der Waals surface area contributed by atoms with Gasteiger partial charge >= 0.3 is 0 Å². The third-order valence-electron chi connectivity index (χ3n) is 2.71. The molecule has 0 aliphatic rings. The number of rotatable bonds is 6. The molecule has 0 radical (unpaired) electrons. The van der Waals surface area contributed by atoms with Crippen LogP contribution in [0.4, 0.5) is 8.78 Å². The Hall–Kier alpha value is -1.05. The van der Waals surface area contributed by atoms with Crippen LogP contribution in [0.15, 0.2) is 29.2 Å². The predicted molar refractivity (Wildman–Crippen MR) is 68.0 cm³/mol. The third kappa shape index (κ3) is 4.85. The van der Waals surface area contributed by atoms with Gasteiger partial charge in [0.05, 0.1) is 11.4 Å². The highest BCUT2D eigenvalue weighted by Crippen LogP contribution is 2.18. The largest absolute Gasteiger partial charge is 0.390 e. The number of nitrogens with one attached hydrogen (secondary N) is 1. The van der Waals surface area contributed by atoms with Gasteiger partial charge in [0, 0.05) is 12.3 Å². The van der Waals surface area contributed by atoms with Crippen LogP contribution in [0.5, 0.6) is 0 Å². The number of sulfone groups is 1. The molecule has 4 nitrogen and oxygen atoms in total. The van der Waals surface area contributed by atoms with E-state index >= 15 is 0 Å². The topological polar surface area (TPSA) is 66.4 Å². The normalized spacial score (nSPS) is 14.4. The fraction of sp³-hybridized carbons (Fsp3) is 0.500. The molecule has 19 heavy (non-hydrogen) atoms. The highest BCUT2D eigenvalue weighted by molar-refractivity contribution is 7.90. The van der Waals surface area contributed by atoms with Gasteiger partial charge in [0.15, 0.2) is 9.84 Å². The lowest BCUT2D eigenvalue weighted by Crippen LogP contribution is -2.37. The van der Waals surface area contributed by atoms with Gasteiger partial charge in [-0.15, -0.1) is 0 Å². The summed E-state index contributed by atoms with van der Waals surface area (Å²) in [5.74, 6) is -3.17. The maximum Gasteiger partial charge on any atom is 0.282 e. The summed E-state index contributed by atoms with van der Waals surface area (Å²) in [5, 5.41) is 11.0. The van der Waals surface area contributed by atoms with Crippen molar-refractivity contribution < 1.29 is 22.3 Å². The van der Waals surface area contributed by atoms with Crippen molar-refractivity contribution in [3.63, 3.8) is 0 Å². The lowest BCUT2D eigenvalue weighted by Gasteiger charge is -2.19. The van der Waals surface area contributed by atoms with Crippen LogP contribution in [0.1, 0.15) is 18.5 Å². The average molecular weight is 293 g/mol. The molecule has 7 heteroatoms. The average Bonchev–Trinajstić information content (AvgIpc) is 2.35. The van der Waals surface area contributed by atoms with Crippen LogP contribution in [0.3, 0.4) is 0 Å². The molecule has 0 fully saturated rings. The van der Waals surface area contributed by atoms with Crippen molar-refractivity contribution in [3.8, 4) is 0 Å². The molecule has 0 heterocycles. The van der Waals surface area contributed by atoms with Crippen LogP contribution in [-0.4, -0.2) is 38.9 Å². The number of hydrogen-bond acceptors (Lipinski definition) is 4. The Balaban J connectivity index is 2.71. The molecule has 0 bridgehead atoms. The SMILES string of the molecule is CC(NCC(F)(F)CO)c1ccc(S(C)(=O)=O)cc1. The van der Waals surface area contributed by atoms with E-state index in [1.165, 1.54) is 12.1 Å². The molecule has 2 N–H and O–H groups in total. The summed E-state index contributed by atoms with van der Waals surface area (Å²) < 4.78 is 48.2. The van der Waals surface area contributed by atoms with E-state index < -0.39 is 28.9 Å². The van der Waals surface area contributed by atoms with Crippen LogP contribution in [0, 0.1) is 0 Å². The van der Waals surface area contributed by atoms with Gasteiger partial charge in [-0.05, 0) is 24.6 Å². The Bertz CT molecular complexity index is 514. The first-order valence-electron chi connectivity index (χ1n) is 5.68. The van der Waals surface area contributed by atoms with Gasteiger partial charge in [-0.1, -0.05) is 12.1 Å². The standard InChI is InChI=1S/C12H17F2NO3S/c1-9(15-7-12(13,14)8-16)10-3-5-11(6-4-10)19(2,17)18/h3-6,9,15-16H,7-8H2,1-2H3. The fourth-order valence-electron chi connectivity index (χ4n) is 1.48. The lowest BCUT2D eigenvalue weighted by atomic mass is 10.1. The van der Waals surface area contributed by atoms with E-state index in [1.807, 2.05) is 0 Å². The van der Waals surface area contributed by atoms with Crippen molar-refractivity contribution in [1.29, 1.82) is 0 Å². The van der Waals surface area contributed by atoms with Crippen LogP contribution >= 0.6 is 0 Å². The smallest absolute Gasteiger partial charge is 0.282 e. The van der Waals surface area contributed by atoms with Crippen LogP contribution in [-0.2, 0) is 9.84 Å². The zero-order valence-corrected chi connectivity index (χ0v) is 11.5. The molecule has 0 saturated heterocycles. The summed E-state index contributed by atoms with van der Waals surface area (Å²) in [5.41, 5.74) is 0.695. The van der Waals surface area contributed by atoms with E-state index in [2.05, 4.69) is 5.32 Å². The first-order chi connectivity index (χ1) is 8.65. The second-order valence-electron chi connectivity index (χ2n) is 4.46. The van der Waals surface area contributed by atoms with Crippen molar-refractivity contribution in [2.75, 3.05) is 19.4 Å². The number of benzene rings is 1. The summed E-state index contributed by atoms with van der Waals surface area (Å²) >= 11 is 0. The molecule has 1 aromatic rings. The minimum Gasteiger partial charge on any atom is -0.390 e. The van der Waals surface area contributed by atoms with Gasteiger partial charge in [0.25, 0.3) is 5.92 Å². The van der Waals surface area contributed by atoms with Gasteiger partial charge in [0.2, 0.25) is 0 Å². The maximum atomic E-state index is 12.9. The van der Waals surface area contributed by atoms with Gasteiger partial charge < -0.3 is 10.4 Å². The number of alkyl halides is 2.